The van der Waals surface area contributed by atoms with Crippen molar-refractivity contribution < 1.29 is 9.53 Å². The van der Waals surface area contributed by atoms with E-state index in [-0.39, 0.29) is 24.7 Å². The van der Waals surface area contributed by atoms with Crippen molar-refractivity contribution in [2.24, 2.45) is 0 Å². The number of nitriles is 1. The molecule has 4 nitrogen and oxygen atoms in total. The summed E-state index contributed by atoms with van der Waals surface area (Å²) < 4.78 is 5.30. The van der Waals surface area contributed by atoms with Crippen LogP contribution in [0.3, 0.4) is 0 Å². The smallest absolute Gasteiger partial charge is 0.249 e. The number of hydrogen-bond donors (Lipinski definition) is 1. The Morgan fingerprint density at radius 3 is 3.00 bits per heavy atom. The molecule has 1 unspecified atom stereocenters. The summed E-state index contributed by atoms with van der Waals surface area (Å²) in [6.45, 7) is 2.00. The average molecular weight is 168 g/mol. The monoisotopic (exact) mass is 168 g/mol. The van der Waals surface area contributed by atoms with Crippen molar-refractivity contribution in [3.05, 3.63) is 0 Å². The molecule has 1 N–H and O–H groups in total. The lowest BCUT2D eigenvalue weighted by molar-refractivity contribution is -0.131. The molecule has 0 radical (unpaired) electrons. The van der Waals surface area contributed by atoms with Crippen LogP contribution in [0.15, 0.2) is 0 Å². The van der Waals surface area contributed by atoms with Gasteiger partial charge in [-0.25, -0.2) is 0 Å². The Morgan fingerprint density at radius 1 is 1.75 bits per heavy atom. The topological polar surface area (TPSA) is 62.1 Å². The maximum Gasteiger partial charge on any atom is 0.249 e. The first kappa shape index (κ1) is 9.01. The van der Waals surface area contributed by atoms with Gasteiger partial charge in [0.25, 0.3) is 0 Å². The van der Waals surface area contributed by atoms with Crippen molar-refractivity contribution in [2.75, 3.05) is 6.54 Å². The number of carbonyl (C=O) groups excluding carboxylic acids is 1. The van der Waals surface area contributed by atoms with Crippen molar-refractivity contribution in [1.82, 2.24) is 5.32 Å². The van der Waals surface area contributed by atoms with Crippen LogP contribution in [-0.2, 0) is 9.53 Å². The van der Waals surface area contributed by atoms with Gasteiger partial charge in [0.1, 0.15) is 12.6 Å². The van der Waals surface area contributed by atoms with E-state index in [1.54, 1.807) is 0 Å². The molecule has 1 fully saturated rings. The van der Waals surface area contributed by atoms with E-state index in [4.69, 9.17) is 10.00 Å². The van der Waals surface area contributed by atoms with Gasteiger partial charge in [-0.05, 0) is 19.8 Å². The molecular formula is C8H12N2O2. The molecule has 4 heteroatoms. The molecule has 1 rings (SSSR count). The number of carbonyl (C=O) groups is 1. The lowest BCUT2D eigenvalue weighted by Gasteiger charge is -2.09. The minimum Gasteiger partial charge on any atom is -0.365 e. The van der Waals surface area contributed by atoms with E-state index >= 15 is 0 Å². The van der Waals surface area contributed by atoms with Crippen LogP contribution in [0.4, 0.5) is 0 Å². The van der Waals surface area contributed by atoms with E-state index in [1.165, 1.54) is 0 Å². The molecule has 2 atom stereocenters. The zero-order chi connectivity index (χ0) is 8.97. The third-order valence-electron chi connectivity index (χ3n) is 1.87. The molecule has 1 heterocycles. The Balaban J connectivity index is 2.29. The van der Waals surface area contributed by atoms with E-state index in [1.807, 2.05) is 13.0 Å². The summed E-state index contributed by atoms with van der Waals surface area (Å²) in [6, 6.07) is 1.85. The van der Waals surface area contributed by atoms with Crippen molar-refractivity contribution in [3.63, 3.8) is 0 Å². The summed E-state index contributed by atoms with van der Waals surface area (Å²) in [4.78, 5) is 11.2. The van der Waals surface area contributed by atoms with Crippen LogP contribution in [0.5, 0.6) is 0 Å². The zero-order valence-corrected chi connectivity index (χ0v) is 7.04. The van der Waals surface area contributed by atoms with Gasteiger partial charge in [-0.1, -0.05) is 0 Å². The van der Waals surface area contributed by atoms with Gasteiger partial charge in [0.2, 0.25) is 5.91 Å². The Hall–Kier alpha value is -1.08. The van der Waals surface area contributed by atoms with Crippen LogP contribution < -0.4 is 5.32 Å². The molecule has 0 bridgehead atoms. The average Bonchev–Trinajstić information content (AvgIpc) is 2.47. The van der Waals surface area contributed by atoms with Gasteiger partial charge >= 0.3 is 0 Å². The van der Waals surface area contributed by atoms with E-state index < -0.39 is 0 Å². The highest BCUT2D eigenvalue weighted by Crippen LogP contribution is 2.18. The number of nitrogens with one attached hydrogen (secondary N) is 1. The summed E-state index contributed by atoms with van der Waals surface area (Å²) >= 11 is 0. The molecule has 1 saturated heterocycles. The fourth-order valence-corrected chi connectivity index (χ4v) is 1.24. The number of amides is 1. The molecule has 12 heavy (non-hydrogen) atoms. The summed E-state index contributed by atoms with van der Waals surface area (Å²) in [5, 5.41) is 10.7. The van der Waals surface area contributed by atoms with Gasteiger partial charge in [0.15, 0.2) is 0 Å². The van der Waals surface area contributed by atoms with E-state index in [0.717, 1.165) is 12.8 Å². The SMILES string of the molecule is CC1CC[C@H](C(=O)NCC#N)O1. The van der Waals surface area contributed by atoms with Gasteiger partial charge in [-0.3, -0.25) is 4.79 Å². The zero-order valence-electron chi connectivity index (χ0n) is 7.04. The molecule has 66 valence electrons. The van der Waals surface area contributed by atoms with Crippen LogP contribution in [0.1, 0.15) is 19.8 Å². The van der Waals surface area contributed by atoms with Gasteiger partial charge in [-0.2, -0.15) is 5.26 Å². The minimum atomic E-state index is -0.339. The largest absolute Gasteiger partial charge is 0.365 e. The predicted octanol–water partition coefficient (Wildman–Crippen LogP) is 0.194. The first-order valence-electron chi connectivity index (χ1n) is 4.04. The van der Waals surface area contributed by atoms with Gasteiger partial charge in [0.05, 0.1) is 12.2 Å². The van der Waals surface area contributed by atoms with Crippen LogP contribution in [0.2, 0.25) is 0 Å². The standard InChI is InChI=1S/C8H12N2O2/c1-6-2-3-7(12-6)8(11)10-5-4-9/h6-7H,2-3,5H2,1H3,(H,10,11)/t6?,7-/m1/s1. The number of rotatable bonds is 2. The van der Waals surface area contributed by atoms with Gasteiger partial charge < -0.3 is 10.1 Å². The normalized spacial score (nSPS) is 28.0. The minimum absolute atomic E-state index is 0.0626. The Kier molecular flexibility index (Phi) is 3.06. The summed E-state index contributed by atoms with van der Waals surface area (Å²) in [7, 11) is 0. The van der Waals surface area contributed by atoms with Crippen molar-refractivity contribution in [2.45, 2.75) is 32.0 Å². The lowest BCUT2D eigenvalue weighted by Crippen LogP contribution is -2.34. The third-order valence-corrected chi connectivity index (χ3v) is 1.87. The van der Waals surface area contributed by atoms with E-state index in [2.05, 4.69) is 5.32 Å². The van der Waals surface area contributed by atoms with Crippen LogP contribution >= 0.6 is 0 Å². The lowest BCUT2D eigenvalue weighted by atomic mass is 10.2. The van der Waals surface area contributed by atoms with E-state index in [9.17, 15) is 4.79 Å². The Labute approximate surface area is 71.5 Å². The van der Waals surface area contributed by atoms with Crippen molar-refractivity contribution in [3.8, 4) is 6.07 Å². The number of hydrogen-bond acceptors (Lipinski definition) is 3. The molecule has 0 aromatic carbocycles. The number of nitrogens with zero attached hydrogens (tertiary/aromatic N) is 1. The van der Waals surface area contributed by atoms with Gasteiger partial charge in [-0.15, -0.1) is 0 Å². The number of ether oxygens (including phenoxy) is 1. The fraction of sp³-hybridized carbons (Fsp3) is 0.750. The maximum absolute atomic E-state index is 11.2. The molecule has 1 amide bonds. The molecule has 0 aliphatic carbocycles. The Morgan fingerprint density at radius 2 is 2.50 bits per heavy atom. The van der Waals surface area contributed by atoms with Crippen LogP contribution in [0, 0.1) is 11.3 Å². The summed E-state index contributed by atoms with van der Waals surface area (Å²) in [5.41, 5.74) is 0. The highest BCUT2D eigenvalue weighted by molar-refractivity contribution is 5.81. The second-order valence-corrected chi connectivity index (χ2v) is 2.89. The van der Waals surface area contributed by atoms with E-state index in [0.29, 0.717) is 0 Å². The van der Waals surface area contributed by atoms with Crippen LogP contribution in [-0.4, -0.2) is 24.7 Å². The van der Waals surface area contributed by atoms with Gasteiger partial charge in [0, 0.05) is 0 Å². The van der Waals surface area contributed by atoms with Crippen molar-refractivity contribution >= 4 is 5.91 Å². The summed E-state index contributed by atoms with van der Waals surface area (Å²) in [5.74, 6) is -0.166. The maximum atomic E-state index is 11.2. The predicted molar refractivity (Wildman–Crippen MR) is 42.2 cm³/mol. The molecule has 0 aromatic rings. The highest BCUT2D eigenvalue weighted by Gasteiger charge is 2.27. The summed E-state index contributed by atoms with van der Waals surface area (Å²) in [6.07, 6.45) is 1.51. The molecule has 0 aromatic heterocycles. The molecule has 1 aliphatic rings. The molecular weight excluding hydrogens is 156 g/mol. The highest BCUT2D eigenvalue weighted by atomic mass is 16.5. The first-order chi connectivity index (χ1) is 5.74. The second-order valence-electron chi connectivity index (χ2n) is 2.89. The van der Waals surface area contributed by atoms with Crippen LogP contribution in [0.25, 0.3) is 0 Å². The fourth-order valence-electron chi connectivity index (χ4n) is 1.24. The Bertz CT molecular complexity index is 210. The molecule has 1 aliphatic heterocycles. The quantitative estimate of drug-likeness (QED) is 0.599. The molecule has 0 saturated carbocycles. The van der Waals surface area contributed by atoms with Crippen molar-refractivity contribution in [1.29, 1.82) is 5.26 Å². The third kappa shape index (κ3) is 2.21. The first-order valence-corrected chi connectivity index (χ1v) is 4.04. The molecule has 0 spiro atoms. The second kappa shape index (κ2) is 4.07.